The van der Waals surface area contributed by atoms with E-state index in [1.165, 1.54) is 77.4 Å². The molecule has 0 bridgehead atoms. The Balaban J connectivity index is 1.14. The van der Waals surface area contributed by atoms with Gasteiger partial charge in [0.15, 0.2) is 11.5 Å². The fourth-order valence-electron chi connectivity index (χ4n) is 12.7. The average Bonchev–Trinajstić information content (AvgIpc) is 3.58. The van der Waals surface area contributed by atoms with Crippen molar-refractivity contribution in [3.63, 3.8) is 0 Å². The fourth-order valence-corrected chi connectivity index (χ4v) is 12.7. The smallest absolute Gasteiger partial charge is 0.331 e. The van der Waals surface area contributed by atoms with Crippen LogP contribution in [0.3, 0.4) is 0 Å². The molecule has 5 saturated carbocycles. The number of carbonyl (C=O) groups is 1. The summed E-state index contributed by atoms with van der Waals surface area (Å²) in [5.41, 5.74) is 2.65. The van der Waals surface area contributed by atoms with Crippen LogP contribution in [0.15, 0.2) is 24.3 Å². The van der Waals surface area contributed by atoms with E-state index in [1.807, 2.05) is 0 Å². The molecule has 4 nitrogen and oxygen atoms in total. The van der Waals surface area contributed by atoms with E-state index in [2.05, 4.69) is 55.4 Å². The molecule has 1 aromatic rings. The van der Waals surface area contributed by atoms with Crippen LogP contribution < -0.4 is 4.74 Å². The van der Waals surface area contributed by atoms with Crippen LogP contribution in [0.5, 0.6) is 11.5 Å². The van der Waals surface area contributed by atoms with Crippen LogP contribution in [0.25, 0.3) is 6.08 Å². The third kappa shape index (κ3) is 4.92. The molecule has 4 heteroatoms. The lowest BCUT2D eigenvalue weighted by atomic mass is 9.41. The van der Waals surface area contributed by atoms with Crippen molar-refractivity contribution in [1.29, 1.82) is 0 Å². The summed E-state index contributed by atoms with van der Waals surface area (Å²) >= 11 is 0. The molecule has 45 heavy (non-hydrogen) atoms. The molecule has 0 amide bonds. The van der Waals surface area contributed by atoms with Gasteiger partial charge in [-0.15, -0.1) is 0 Å². The molecule has 250 valence electrons. The number of hydrogen-bond acceptors (Lipinski definition) is 4. The van der Waals surface area contributed by atoms with Gasteiger partial charge in [0.1, 0.15) is 6.10 Å². The first-order chi connectivity index (χ1) is 21.1. The Morgan fingerprint density at radius 1 is 0.911 bits per heavy atom. The number of hydrogen-bond donors (Lipinski definition) is 1. The van der Waals surface area contributed by atoms with E-state index in [-0.39, 0.29) is 23.2 Å². The Kier molecular flexibility index (Phi) is 8.30. The van der Waals surface area contributed by atoms with Crippen LogP contribution in [0.1, 0.15) is 132 Å². The molecule has 0 saturated heterocycles. The maximum Gasteiger partial charge on any atom is 0.331 e. The Bertz CT molecular complexity index is 1310. The van der Waals surface area contributed by atoms with Crippen LogP contribution >= 0.6 is 0 Å². The van der Waals surface area contributed by atoms with E-state index in [1.54, 1.807) is 24.3 Å². The third-order valence-corrected chi connectivity index (χ3v) is 15.9. The number of esters is 1. The van der Waals surface area contributed by atoms with E-state index in [0.29, 0.717) is 33.3 Å². The highest BCUT2D eigenvalue weighted by Crippen LogP contribution is 2.89. The molecular formula is C41H62O4. The van der Waals surface area contributed by atoms with Gasteiger partial charge in [-0.2, -0.15) is 0 Å². The maximum absolute atomic E-state index is 13.1. The van der Waals surface area contributed by atoms with Crippen molar-refractivity contribution in [2.24, 2.45) is 62.6 Å². The van der Waals surface area contributed by atoms with E-state index in [0.717, 1.165) is 41.6 Å². The molecule has 10 atom stereocenters. The van der Waals surface area contributed by atoms with Gasteiger partial charge in [0.2, 0.25) is 0 Å². The standard InChI is InChI=1S/C41H62O4/c1-26(2)27(3)10-11-28(4)30-18-20-39(8)34-16-15-33-37(5,6)35(19-21-40(33)25-41(34,40)23-22-38(30,39)7)45-36(43)17-13-29-12-14-31(42)32(24-29)44-9/h12-14,17,24,26-28,30,33-35,42H,10-11,15-16,18-23,25H2,1-9H3/b17-13-/t27-,28-,30-,33-,34-,35+,38-,39+,40-,41+/m1/s1. The monoisotopic (exact) mass is 618 g/mol. The third-order valence-electron chi connectivity index (χ3n) is 15.9. The topological polar surface area (TPSA) is 55.8 Å². The predicted molar refractivity (Wildman–Crippen MR) is 183 cm³/mol. The molecule has 2 spiro atoms. The summed E-state index contributed by atoms with van der Waals surface area (Å²) in [6.45, 7) is 20.1. The number of fused-ring (bicyclic) bond motifs is 2. The number of rotatable bonds is 9. The summed E-state index contributed by atoms with van der Waals surface area (Å²) in [5.74, 6) is 4.99. The van der Waals surface area contributed by atoms with Crippen LogP contribution in [0, 0.1) is 62.6 Å². The molecular weight excluding hydrogens is 556 g/mol. The molecule has 5 aliphatic rings. The van der Waals surface area contributed by atoms with Gasteiger partial charge in [-0.25, -0.2) is 4.79 Å². The largest absolute Gasteiger partial charge is 0.504 e. The van der Waals surface area contributed by atoms with Crippen molar-refractivity contribution < 1.29 is 19.4 Å². The normalized spacial score (nSPS) is 41.0. The summed E-state index contributed by atoms with van der Waals surface area (Å²) in [6.07, 6.45) is 17.9. The summed E-state index contributed by atoms with van der Waals surface area (Å²) in [7, 11) is 1.53. The second-order valence-electron chi connectivity index (χ2n) is 18.0. The van der Waals surface area contributed by atoms with Crippen molar-refractivity contribution in [2.45, 2.75) is 132 Å². The first-order valence-corrected chi connectivity index (χ1v) is 18.4. The van der Waals surface area contributed by atoms with Gasteiger partial charge in [-0.05, 0) is 139 Å². The Hall–Kier alpha value is -1.97. The number of ether oxygens (including phenoxy) is 2. The lowest BCUT2D eigenvalue weighted by Gasteiger charge is -2.63. The minimum Gasteiger partial charge on any atom is -0.504 e. The highest BCUT2D eigenvalue weighted by atomic mass is 16.5. The Morgan fingerprint density at radius 2 is 1.62 bits per heavy atom. The highest BCUT2D eigenvalue weighted by Gasteiger charge is 2.82. The lowest BCUT2D eigenvalue weighted by molar-refractivity contribution is -0.179. The van der Waals surface area contributed by atoms with Gasteiger partial charge in [0.25, 0.3) is 0 Å². The van der Waals surface area contributed by atoms with Crippen LogP contribution in [-0.2, 0) is 9.53 Å². The van der Waals surface area contributed by atoms with Crippen molar-refractivity contribution in [1.82, 2.24) is 0 Å². The second kappa shape index (κ2) is 11.3. The van der Waals surface area contributed by atoms with Crippen LogP contribution in [0.2, 0.25) is 0 Å². The maximum atomic E-state index is 13.1. The van der Waals surface area contributed by atoms with E-state index < -0.39 is 0 Å². The fraction of sp³-hybridized carbons (Fsp3) is 0.780. The number of phenolic OH excluding ortho intramolecular Hbond substituents is 1. The van der Waals surface area contributed by atoms with Gasteiger partial charge in [-0.1, -0.05) is 74.3 Å². The van der Waals surface area contributed by atoms with Crippen molar-refractivity contribution in [2.75, 3.05) is 7.11 Å². The summed E-state index contributed by atoms with van der Waals surface area (Å²) in [5, 5.41) is 9.89. The van der Waals surface area contributed by atoms with E-state index >= 15 is 0 Å². The first kappa shape index (κ1) is 33.0. The van der Waals surface area contributed by atoms with Crippen LogP contribution in [0.4, 0.5) is 0 Å². The molecule has 0 heterocycles. The lowest BCUT2D eigenvalue weighted by Crippen LogP contribution is -2.58. The number of benzene rings is 1. The van der Waals surface area contributed by atoms with Crippen molar-refractivity contribution >= 4 is 12.0 Å². The van der Waals surface area contributed by atoms with E-state index in [4.69, 9.17) is 9.47 Å². The molecule has 0 unspecified atom stereocenters. The molecule has 5 fully saturated rings. The summed E-state index contributed by atoms with van der Waals surface area (Å²) in [6, 6.07) is 5.09. The SMILES string of the molecule is COc1cc(/C=C\C(=O)O[C@H]2CC[C@]34C[C@]35CC[C@]3(C)[C@@H]([C@H](C)CC[C@@H](C)C(C)C)CC[C@@]3(C)[C@H]5CC[C@@H]4C2(C)C)ccc1O. The van der Waals surface area contributed by atoms with Gasteiger partial charge in [-0.3, -0.25) is 0 Å². The molecule has 6 rings (SSSR count). The zero-order chi connectivity index (χ0) is 32.6. The Morgan fingerprint density at radius 3 is 2.33 bits per heavy atom. The average molecular weight is 619 g/mol. The van der Waals surface area contributed by atoms with Gasteiger partial charge in [0, 0.05) is 11.5 Å². The quantitative estimate of drug-likeness (QED) is 0.221. The molecule has 5 aliphatic carbocycles. The van der Waals surface area contributed by atoms with Gasteiger partial charge in [0.05, 0.1) is 7.11 Å². The molecule has 0 aromatic heterocycles. The van der Waals surface area contributed by atoms with Gasteiger partial charge >= 0.3 is 5.97 Å². The minimum atomic E-state index is -0.273. The number of carbonyl (C=O) groups excluding carboxylic acids is 1. The summed E-state index contributed by atoms with van der Waals surface area (Å²) < 4.78 is 11.5. The van der Waals surface area contributed by atoms with Crippen molar-refractivity contribution in [3.05, 3.63) is 29.8 Å². The second-order valence-corrected chi connectivity index (χ2v) is 18.0. The van der Waals surface area contributed by atoms with Crippen LogP contribution in [-0.4, -0.2) is 24.3 Å². The predicted octanol–water partition coefficient (Wildman–Crippen LogP) is 10.5. The number of phenols is 1. The van der Waals surface area contributed by atoms with Crippen molar-refractivity contribution in [3.8, 4) is 11.5 Å². The van der Waals surface area contributed by atoms with Gasteiger partial charge < -0.3 is 14.6 Å². The van der Waals surface area contributed by atoms with E-state index in [9.17, 15) is 9.90 Å². The number of aromatic hydroxyl groups is 1. The highest BCUT2D eigenvalue weighted by molar-refractivity contribution is 5.87. The molecule has 1 N–H and O–H groups in total. The Labute approximate surface area is 274 Å². The first-order valence-electron chi connectivity index (χ1n) is 18.4. The molecule has 1 aromatic carbocycles. The minimum absolute atomic E-state index is 0.0283. The molecule has 0 radical (unpaired) electrons. The zero-order valence-electron chi connectivity index (χ0n) is 29.9. The molecule has 0 aliphatic heterocycles. The zero-order valence-corrected chi connectivity index (χ0v) is 29.9. The number of methoxy groups -OCH3 is 1. The summed E-state index contributed by atoms with van der Waals surface area (Å²) in [4.78, 5) is 13.1.